The number of hydrogen-bond donors (Lipinski definition) is 4. The van der Waals surface area contributed by atoms with Crippen molar-refractivity contribution >= 4 is 11.9 Å². The predicted molar refractivity (Wildman–Crippen MR) is 57.3 cm³/mol. The molecule has 0 saturated heterocycles. The van der Waals surface area contributed by atoms with Crippen LogP contribution in [0.1, 0.15) is 19.8 Å². The highest BCUT2D eigenvalue weighted by Crippen LogP contribution is 2.07. The van der Waals surface area contributed by atoms with E-state index in [4.69, 9.17) is 17.3 Å². The number of terminal acetylenes is 1. The van der Waals surface area contributed by atoms with E-state index in [0.29, 0.717) is 0 Å². The predicted octanol–water partition coefficient (Wildman–Crippen LogP) is -1.32. The summed E-state index contributed by atoms with van der Waals surface area (Å²) in [4.78, 5) is 21.6. The Morgan fingerprint density at radius 1 is 1.62 bits per heavy atom. The van der Waals surface area contributed by atoms with Crippen LogP contribution in [-0.2, 0) is 9.59 Å². The second kappa shape index (κ2) is 6.10. The number of carbonyl (C=O) groups is 2. The topological polar surface area (TPSA) is 113 Å². The van der Waals surface area contributed by atoms with E-state index in [1.807, 2.05) is 0 Å². The van der Waals surface area contributed by atoms with Gasteiger partial charge >= 0.3 is 5.97 Å². The van der Waals surface area contributed by atoms with Crippen molar-refractivity contribution in [3.8, 4) is 12.3 Å². The second-order valence-corrected chi connectivity index (χ2v) is 3.80. The molecule has 6 nitrogen and oxygen atoms in total. The van der Waals surface area contributed by atoms with Crippen molar-refractivity contribution in [2.45, 2.75) is 31.4 Å². The number of hydrogen-bond acceptors (Lipinski definition) is 4. The van der Waals surface area contributed by atoms with Crippen molar-refractivity contribution in [2.75, 3.05) is 6.54 Å². The fourth-order valence-electron chi connectivity index (χ4n) is 1.02. The van der Waals surface area contributed by atoms with Crippen molar-refractivity contribution in [3.05, 3.63) is 0 Å². The summed E-state index contributed by atoms with van der Waals surface area (Å²) in [5.74, 6) is 0.579. The van der Waals surface area contributed by atoms with Gasteiger partial charge in [-0.25, -0.2) is 0 Å². The summed E-state index contributed by atoms with van der Waals surface area (Å²) in [6.07, 6.45) is 4.61. The van der Waals surface area contributed by atoms with Gasteiger partial charge in [-0.15, -0.1) is 12.3 Å². The van der Waals surface area contributed by atoms with Gasteiger partial charge in [0.1, 0.15) is 0 Å². The zero-order valence-corrected chi connectivity index (χ0v) is 9.06. The maximum atomic E-state index is 11.3. The van der Waals surface area contributed by atoms with Crippen LogP contribution in [0.5, 0.6) is 0 Å². The van der Waals surface area contributed by atoms with Gasteiger partial charge in [-0.1, -0.05) is 0 Å². The molecule has 0 heterocycles. The number of rotatable bonds is 6. The van der Waals surface area contributed by atoms with Crippen LogP contribution in [0.25, 0.3) is 0 Å². The molecule has 2 unspecified atom stereocenters. The highest BCUT2D eigenvalue weighted by molar-refractivity contribution is 5.81. The molecule has 16 heavy (non-hydrogen) atoms. The molecule has 0 fully saturated rings. The molecule has 0 spiro atoms. The van der Waals surface area contributed by atoms with Gasteiger partial charge in [0.25, 0.3) is 0 Å². The number of amides is 1. The van der Waals surface area contributed by atoms with E-state index in [2.05, 4.69) is 11.2 Å². The normalized spacial score (nSPS) is 15.6. The van der Waals surface area contributed by atoms with E-state index in [1.54, 1.807) is 0 Å². The molecule has 0 aliphatic rings. The van der Waals surface area contributed by atoms with Gasteiger partial charge in [-0.3, -0.25) is 9.59 Å². The molecule has 0 aromatic heterocycles. The molecule has 0 aromatic carbocycles. The Balaban J connectivity index is 4.09. The number of nitrogens with one attached hydrogen (secondary N) is 1. The highest BCUT2D eigenvalue weighted by atomic mass is 16.4. The van der Waals surface area contributed by atoms with E-state index >= 15 is 0 Å². The molecular weight excluding hydrogens is 212 g/mol. The molecule has 0 bridgehead atoms. The minimum Gasteiger partial charge on any atom is -0.481 e. The number of aliphatic hydroxyl groups is 1. The van der Waals surface area contributed by atoms with Crippen molar-refractivity contribution < 1.29 is 19.8 Å². The van der Waals surface area contributed by atoms with Gasteiger partial charge in [0.15, 0.2) is 0 Å². The van der Waals surface area contributed by atoms with Crippen LogP contribution in [0.15, 0.2) is 0 Å². The first-order valence-corrected chi connectivity index (χ1v) is 4.69. The average molecular weight is 228 g/mol. The Hall–Kier alpha value is -1.58. The van der Waals surface area contributed by atoms with E-state index in [-0.39, 0.29) is 13.0 Å². The van der Waals surface area contributed by atoms with Crippen LogP contribution >= 0.6 is 0 Å². The molecule has 0 aliphatic heterocycles. The molecule has 1 amide bonds. The molecule has 0 saturated carbocycles. The van der Waals surface area contributed by atoms with E-state index in [9.17, 15) is 14.7 Å². The molecule has 0 rings (SSSR count). The Labute approximate surface area is 93.8 Å². The fraction of sp³-hybridized carbons (Fsp3) is 0.600. The molecule has 6 heteroatoms. The SMILES string of the molecule is C#CCC(N)C(=O)NCC(C)(O)CC(=O)O. The van der Waals surface area contributed by atoms with Gasteiger partial charge in [-0.05, 0) is 6.92 Å². The molecule has 5 N–H and O–H groups in total. The lowest BCUT2D eigenvalue weighted by Crippen LogP contribution is -2.47. The zero-order valence-electron chi connectivity index (χ0n) is 9.06. The third-order valence-electron chi connectivity index (χ3n) is 1.85. The summed E-state index contributed by atoms with van der Waals surface area (Å²) < 4.78 is 0. The van der Waals surface area contributed by atoms with Gasteiger partial charge in [0.2, 0.25) is 5.91 Å². The minimum atomic E-state index is -1.50. The van der Waals surface area contributed by atoms with Gasteiger partial charge < -0.3 is 21.3 Å². The van der Waals surface area contributed by atoms with E-state index in [1.165, 1.54) is 6.92 Å². The molecule has 2 atom stereocenters. The van der Waals surface area contributed by atoms with Crippen LogP contribution < -0.4 is 11.1 Å². The number of carboxylic acid groups (broad SMARTS) is 1. The lowest BCUT2D eigenvalue weighted by Gasteiger charge is -2.22. The zero-order chi connectivity index (χ0) is 12.8. The largest absolute Gasteiger partial charge is 0.481 e. The van der Waals surface area contributed by atoms with Crippen molar-refractivity contribution in [1.82, 2.24) is 5.32 Å². The number of aliphatic carboxylic acids is 1. The first kappa shape index (κ1) is 14.4. The Morgan fingerprint density at radius 3 is 2.62 bits per heavy atom. The second-order valence-electron chi connectivity index (χ2n) is 3.80. The van der Waals surface area contributed by atoms with Gasteiger partial charge in [0, 0.05) is 13.0 Å². The van der Waals surface area contributed by atoms with E-state index in [0.717, 1.165) is 0 Å². The molecular formula is C10H16N2O4. The lowest BCUT2D eigenvalue weighted by molar-refractivity contribution is -0.142. The number of carboxylic acids is 1. The van der Waals surface area contributed by atoms with E-state index < -0.39 is 29.9 Å². The smallest absolute Gasteiger partial charge is 0.306 e. The summed E-state index contributed by atoms with van der Waals surface area (Å²) in [6.45, 7) is 1.13. The van der Waals surface area contributed by atoms with Crippen LogP contribution in [0.4, 0.5) is 0 Å². The van der Waals surface area contributed by atoms with Crippen molar-refractivity contribution in [3.63, 3.8) is 0 Å². The molecule has 0 radical (unpaired) electrons. The standard InChI is InChI=1S/C10H16N2O4/c1-3-4-7(11)9(15)12-6-10(2,16)5-8(13)14/h1,7,16H,4-6,11H2,2H3,(H,12,15)(H,13,14). The van der Waals surface area contributed by atoms with Crippen LogP contribution in [0.2, 0.25) is 0 Å². The van der Waals surface area contributed by atoms with Gasteiger partial charge in [-0.2, -0.15) is 0 Å². The maximum absolute atomic E-state index is 11.3. The molecule has 0 aliphatic carbocycles. The molecule has 0 aromatic rings. The highest BCUT2D eigenvalue weighted by Gasteiger charge is 2.25. The average Bonchev–Trinajstić information content (AvgIpc) is 2.12. The summed E-state index contributed by atoms with van der Waals surface area (Å²) in [5.41, 5.74) is 3.90. The Kier molecular flexibility index (Phi) is 5.50. The van der Waals surface area contributed by atoms with Crippen LogP contribution in [-0.4, -0.2) is 40.3 Å². The minimum absolute atomic E-state index is 0.0902. The summed E-state index contributed by atoms with van der Waals surface area (Å²) in [7, 11) is 0. The maximum Gasteiger partial charge on any atom is 0.306 e. The fourth-order valence-corrected chi connectivity index (χ4v) is 1.02. The summed E-state index contributed by atoms with van der Waals surface area (Å²) in [6, 6.07) is -0.842. The first-order chi connectivity index (χ1) is 7.28. The quantitative estimate of drug-likeness (QED) is 0.421. The summed E-state index contributed by atoms with van der Waals surface area (Å²) >= 11 is 0. The lowest BCUT2D eigenvalue weighted by atomic mass is 10.0. The first-order valence-electron chi connectivity index (χ1n) is 4.69. The third-order valence-corrected chi connectivity index (χ3v) is 1.85. The Bertz CT molecular complexity index is 306. The van der Waals surface area contributed by atoms with Gasteiger partial charge in [0.05, 0.1) is 18.1 Å². The molecule has 90 valence electrons. The van der Waals surface area contributed by atoms with Crippen LogP contribution in [0.3, 0.4) is 0 Å². The van der Waals surface area contributed by atoms with Crippen LogP contribution in [0, 0.1) is 12.3 Å². The third kappa shape index (κ3) is 6.01. The summed E-state index contributed by atoms with van der Waals surface area (Å²) in [5, 5.41) is 20.4. The monoisotopic (exact) mass is 228 g/mol. The van der Waals surface area contributed by atoms with Crippen molar-refractivity contribution in [2.24, 2.45) is 5.73 Å². The van der Waals surface area contributed by atoms with Crippen molar-refractivity contribution in [1.29, 1.82) is 0 Å². The number of nitrogens with two attached hydrogens (primary N) is 1. The Morgan fingerprint density at radius 2 is 2.19 bits per heavy atom. The number of carbonyl (C=O) groups excluding carboxylic acids is 1.